The SMILES string of the molecule is CC(C)c1ccc([C@@]2(C)NC(=O)N(CC(=O)NCc3ccco3)C2=O)cc1. The van der Waals surface area contributed by atoms with E-state index in [-0.39, 0.29) is 13.1 Å². The van der Waals surface area contributed by atoms with Gasteiger partial charge in [0, 0.05) is 0 Å². The van der Waals surface area contributed by atoms with Crippen molar-refractivity contribution in [3.63, 3.8) is 0 Å². The zero-order chi connectivity index (χ0) is 19.6. The molecule has 0 radical (unpaired) electrons. The standard InChI is InChI=1S/C20H23N3O4/c1-13(2)14-6-8-15(9-7-14)20(3)18(25)23(19(26)22-20)12-17(24)21-11-16-5-4-10-27-16/h4-10,13H,11-12H2,1-3H3,(H,21,24)(H,22,26)/t20-/m1/s1. The number of benzene rings is 1. The first-order valence-electron chi connectivity index (χ1n) is 8.85. The largest absolute Gasteiger partial charge is 0.467 e. The minimum atomic E-state index is -1.19. The normalized spacial score (nSPS) is 19.5. The van der Waals surface area contributed by atoms with Gasteiger partial charge < -0.3 is 15.1 Å². The Labute approximate surface area is 157 Å². The van der Waals surface area contributed by atoms with Crippen LogP contribution < -0.4 is 10.6 Å². The molecule has 1 atom stereocenters. The van der Waals surface area contributed by atoms with E-state index in [4.69, 9.17) is 4.42 Å². The third kappa shape index (κ3) is 3.72. The van der Waals surface area contributed by atoms with Gasteiger partial charge in [0.05, 0.1) is 12.8 Å². The fourth-order valence-corrected chi connectivity index (χ4v) is 3.04. The Morgan fingerprint density at radius 1 is 1.22 bits per heavy atom. The third-order valence-electron chi connectivity index (χ3n) is 4.77. The van der Waals surface area contributed by atoms with Gasteiger partial charge in [0.2, 0.25) is 5.91 Å². The van der Waals surface area contributed by atoms with Gasteiger partial charge in [-0.2, -0.15) is 0 Å². The van der Waals surface area contributed by atoms with Crippen LogP contribution in [0.25, 0.3) is 0 Å². The van der Waals surface area contributed by atoms with Gasteiger partial charge in [-0.25, -0.2) is 4.79 Å². The highest BCUT2D eigenvalue weighted by Crippen LogP contribution is 2.29. The number of hydrogen-bond acceptors (Lipinski definition) is 4. The van der Waals surface area contributed by atoms with Crippen LogP contribution in [0.4, 0.5) is 4.79 Å². The molecule has 1 aromatic heterocycles. The first-order valence-corrected chi connectivity index (χ1v) is 8.85. The number of nitrogens with one attached hydrogen (secondary N) is 2. The van der Waals surface area contributed by atoms with Crippen molar-refractivity contribution in [1.82, 2.24) is 15.5 Å². The predicted molar refractivity (Wildman–Crippen MR) is 98.7 cm³/mol. The minimum absolute atomic E-state index is 0.198. The van der Waals surface area contributed by atoms with Gasteiger partial charge in [0.15, 0.2) is 0 Å². The molecule has 1 fully saturated rings. The number of nitrogens with zero attached hydrogens (tertiary/aromatic N) is 1. The average molecular weight is 369 g/mol. The van der Waals surface area contributed by atoms with Crippen LogP contribution in [0.5, 0.6) is 0 Å². The number of carbonyl (C=O) groups excluding carboxylic acids is 3. The fraction of sp³-hybridized carbons (Fsp3) is 0.350. The Morgan fingerprint density at radius 2 is 1.93 bits per heavy atom. The van der Waals surface area contributed by atoms with Crippen LogP contribution in [0.3, 0.4) is 0 Å². The second-order valence-corrected chi connectivity index (χ2v) is 7.08. The van der Waals surface area contributed by atoms with Crippen molar-refractivity contribution in [2.75, 3.05) is 6.54 Å². The predicted octanol–water partition coefficient (Wildman–Crippen LogP) is 2.49. The smallest absolute Gasteiger partial charge is 0.325 e. The average Bonchev–Trinajstić information content (AvgIpc) is 3.23. The molecule has 0 bridgehead atoms. The Bertz CT molecular complexity index is 843. The van der Waals surface area contributed by atoms with Crippen molar-refractivity contribution in [2.24, 2.45) is 0 Å². The highest BCUT2D eigenvalue weighted by Gasteiger charge is 2.49. The Kier molecular flexibility index (Phi) is 5.03. The van der Waals surface area contributed by atoms with Gasteiger partial charge in [-0.05, 0) is 36.1 Å². The first kappa shape index (κ1) is 18.7. The van der Waals surface area contributed by atoms with Crippen molar-refractivity contribution < 1.29 is 18.8 Å². The van der Waals surface area contributed by atoms with E-state index in [1.165, 1.54) is 6.26 Å². The van der Waals surface area contributed by atoms with Crippen molar-refractivity contribution in [3.05, 3.63) is 59.5 Å². The molecule has 7 heteroatoms. The van der Waals surface area contributed by atoms with Gasteiger partial charge >= 0.3 is 6.03 Å². The maximum absolute atomic E-state index is 12.9. The lowest BCUT2D eigenvalue weighted by Gasteiger charge is -2.22. The number of carbonyl (C=O) groups is 3. The molecule has 2 N–H and O–H groups in total. The summed E-state index contributed by atoms with van der Waals surface area (Å²) in [6, 6.07) is 10.4. The molecule has 2 aromatic rings. The highest BCUT2D eigenvalue weighted by atomic mass is 16.3. The second kappa shape index (κ2) is 7.26. The van der Waals surface area contributed by atoms with Crippen molar-refractivity contribution >= 4 is 17.8 Å². The summed E-state index contributed by atoms with van der Waals surface area (Å²) in [5.74, 6) is 0.0814. The van der Waals surface area contributed by atoms with Gasteiger partial charge in [0.25, 0.3) is 5.91 Å². The number of furan rings is 1. The molecule has 1 aliphatic rings. The molecule has 1 saturated heterocycles. The Hall–Kier alpha value is -3.09. The zero-order valence-electron chi connectivity index (χ0n) is 15.6. The lowest BCUT2D eigenvalue weighted by Crippen LogP contribution is -2.43. The number of amides is 4. The van der Waals surface area contributed by atoms with E-state index in [1.807, 2.05) is 24.3 Å². The van der Waals surface area contributed by atoms with Crippen molar-refractivity contribution in [1.29, 1.82) is 0 Å². The van der Waals surface area contributed by atoms with Crippen molar-refractivity contribution in [2.45, 2.75) is 38.8 Å². The number of hydrogen-bond donors (Lipinski definition) is 2. The van der Waals surface area contributed by atoms with E-state index in [0.717, 1.165) is 10.5 Å². The van der Waals surface area contributed by atoms with Gasteiger partial charge in [0.1, 0.15) is 17.8 Å². The molecule has 3 rings (SSSR count). The van der Waals surface area contributed by atoms with Crippen molar-refractivity contribution in [3.8, 4) is 0 Å². The summed E-state index contributed by atoms with van der Waals surface area (Å²) in [4.78, 5) is 38.2. The lowest BCUT2D eigenvalue weighted by molar-refractivity contribution is -0.134. The highest BCUT2D eigenvalue weighted by molar-refractivity contribution is 6.09. The molecule has 1 aliphatic heterocycles. The molecule has 0 unspecified atom stereocenters. The number of rotatable bonds is 6. The van der Waals surface area contributed by atoms with E-state index in [0.29, 0.717) is 17.2 Å². The molecule has 1 aromatic carbocycles. The molecule has 142 valence electrons. The molecular formula is C20H23N3O4. The minimum Gasteiger partial charge on any atom is -0.467 e. The zero-order valence-corrected chi connectivity index (χ0v) is 15.6. The maximum Gasteiger partial charge on any atom is 0.325 e. The topological polar surface area (TPSA) is 91.7 Å². The molecule has 27 heavy (non-hydrogen) atoms. The van der Waals surface area contributed by atoms with Gasteiger partial charge in [-0.15, -0.1) is 0 Å². The van der Waals surface area contributed by atoms with Crippen LogP contribution in [0.15, 0.2) is 47.1 Å². The number of imide groups is 1. The molecular weight excluding hydrogens is 346 g/mol. The molecule has 0 aliphatic carbocycles. The molecule has 0 spiro atoms. The third-order valence-corrected chi connectivity index (χ3v) is 4.77. The first-order chi connectivity index (χ1) is 12.8. The lowest BCUT2D eigenvalue weighted by atomic mass is 9.90. The van der Waals surface area contributed by atoms with E-state index >= 15 is 0 Å². The number of urea groups is 1. The summed E-state index contributed by atoms with van der Waals surface area (Å²) in [7, 11) is 0. The van der Waals surface area contributed by atoms with Crippen LogP contribution in [0.1, 0.15) is 43.6 Å². The van der Waals surface area contributed by atoms with Gasteiger partial charge in [-0.3, -0.25) is 14.5 Å². The monoisotopic (exact) mass is 369 g/mol. The molecule has 0 saturated carbocycles. The second-order valence-electron chi connectivity index (χ2n) is 7.08. The Balaban J connectivity index is 1.69. The van der Waals surface area contributed by atoms with Crippen LogP contribution >= 0.6 is 0 Å². The quantitative estimate of drug-likeness (QED) is 0.765. The molecule has 7 nitrogen and oxygen atoms in total. The summed E-state index contributed by atoms with van der Waals surface area (Å²) in [6.07, 6.45) is 1.51. The summed E-state index contributed by atoms with van der Waals surface area (Å²) < 4.78 is 5.14. The van der Waals surface area contributed by atoms with E-state index in [9.17, 15) is 14.4 Å². The Morgan fingerprint density at radius 3 is 2.52 bits per heavy atom. The summed E-state index contributed by atoms with van der Waals surface area (Å²) in [5.41, 5.74) is 0.644. The summed E-state index contributed by atoms with van der Waals surface area (Å²) >= 11 is 0. The van der Waals surface area contributed by atoms with Gasteiger partial charge in [-0.1, -0.05) is 38.1 Å². The van der Waals surface area contributed by atoms with E-state index < -0.39 is 23.4 Å². The van der Waals surface area contributed by atoms with E-state index in [1.54, 1.807) is 19.1 Å². The maximum atomic E-state index is 12.9. The van der Waals surface area contributed by atoms with Crippen LogP contribution in [0, 0.1) is 0 Å². The molecule has 2 heterocycles. The molecule has 4 amide bonds. The summed E-state index contributed by atoms with van der Waals surface area (Å²) in [5, 5.41) is 5.34. The van der Waals surface area contributed by atoms with Crippen LogP contribution in [-0.2, 0) is 21.7 Å². The summed E-state index contributed by atoms with van der Waals surface area (Å²) in [6.45, 7) is 5.68. The van der Waals surface area contributed by atoms with Crippen LogP contribution in [0.2, 0.25) is 0 Å². The van der Waals surface area contributed by atoms with E-state index in [2.05, 4.69) is 24.5 Å². The van der Waals surface area contributed by atoms with Crippen LogP contribution in [-0.4, -0.2) is 29.3 Å². The fourth-order valence-electron chi connectivity index (χ4n) is 3.04.